The molecule has 0 spiro atoms. The zero-order valence-corrected chi connectivity index (χ0v) is 9.83. The first-order valence-electron chi connectivity index (χ1n) is 5.24. The lowest BCUT2D eigenvalue weighted by Crippen LogP contribution is -2.49. The molecule has 0 radical (unpaired) electrons. The molecule has 4 heteroatoms. The van der Waals surface area contributed by atoms with E-state index < -0.39 is 0 Å². The van der Waals surface area contributed by atoms with Gasteiger partial charge in [-0.3, -0.25) is 4.79 Å². The van der Waals surface area contributed by atoms with E-state index in [-0.39, 0.29) is 6.04 Å². The number of rotatable bonds is 3. The number of halogens is 1. The number of carbonyl (C=O) groups is 1. The Morgan fingerprint density at radius 3 is 2.93 bits per heavy atom. The number of morpholine rings is 1. The average molecular weight is 262 g/mol. The fraction of sp³-hybridized carbons (Fsp3) is 0.900. The van der Waals surface area contributed by atoms with Crippen LogP contribution in [0.3, 0.4) is 0 Å². The first-order chi connectivity index (χ1) is 6.81. The van der Waals surface area contributed by atoms with Gasteiger partial charge in [-0.25, -0.2) is 0 Å². The lowest BCUT2D eigenvalue weighted by molar-refractivity contribution is -0.139. The summed E-state index contributed by atoms with van der Waals surface area (Å²) in [5.74, 6) is 1.00. The summed E-state index contributed by atoms with van der Waals surface area (Å²) >= 11 is 3.43. The van der Waals surface area contributed by atoms with E-state index >= 15 is 0 Å². The quantitative estimate of drug-likeness (QED) is 0.720. The van der Waals surface area contributed by atoms with E-state index in [9.17, 15) is 4.79 Å². The molecule has 2 rings (SSSR count). The summed E-state index contributed by atoms with van der Waals surface area (Å²) in [6.45, 7) is 2.14. The van der Waals surface area contributed by atoms with Crippen LogP contribution in [0.15, 0.2) is 0 Å². The van der Waals surface area contributed by atoms with Crippen molar-refractivity contribution in [2.45, 2.75) is 25.3 Å². The lowest BCUT2D eigenvalue weighted by Gasteiger charge is -2.34. The van der Waals surface area contributed by atoms with Gasteiger partial charge in [-0.05, 0) is 18.8 Å². The molecule has 1 atom stereocenters. The normalized spacial score (nSPS) is 27.8. The Bertz CT molecular complexity index is 218. The molecule has 1 unspecified atom stereocenters. The third-order valence-electron chi connectivity index (χ3n) is 2.89. The van der Waals surface area contributed by atoms with Crippen molar-refractivity contribution < 1.29 is 9.53 Å². The van der Waals surface area contributed by atoms with Crippen molar-refractivity contribution in [1.29, 1.82) is 0 Å². The standard InChI is InChI=1S/C10H16BrNO2/c11-6-9-7-14-4-3-12(9)10(13)5-8-1-2-8/h8-9H,1-7H2. The van der Waals surface area contributed by atoms with Gasteiger partial charge in [0, 0.05) is 18.3 Å². The number of hydrogen-bond donors (Lipinski definition) is 0. The van der Waals surface area contributed by atoms with Crippen LogP contribution < -0.4 is 0 Å². The predicted octanol–water partition coefficient (Wildman–Crippen LogP) is 1.41. The summed E-state index contributed by atoms with van der Waals surface area (Å²) in [5, 5.41) is 0.823. The van der Waals surface area contributed by atoms with Gasteiger partial charge in [0.25, 0.3) is 0 Å². The van der Waals surface area contributed by atoms with Gasteiger partial charge in [0.2, 0.25) is 5.91 Å². The van der Waals surface area contributed by atoms with E-state index in [1.807, 2.05) is 4.90 Å². The molecule has 1 aliphatic heterocycles. The van der Waals surface area contributed by atoms with Crippen LogP contribution in [-0.2, 0) is 9.53 Å². The summed E-state index contributed by atoms with van der Waals surface area (Å²) in [7, 11) is 0. The smallest absolute Gasteiger partial charge is 0.223 e. The van der Waals surface area contributed by atoms with Crippen LogP contribution in [0.4, 0.5) is 0 Å². The molecule has 2 aliphatic rings. The zero-order chi connectivity index (χ0) is 9.97. The maximum absolute atomic E-state index is 11.9. The van der Waals surface area contributed by atoms with E-state index in [2.05, 4.69) is 15.9 Å². The molecule has 2 fully saturated rings. The molecule has 0 aromatic carbocycles. The first kappa shape index (κ1) is 10.4. The molecular weight excluding hydrogens is 246 g/mol. The Morgan fingerprint density at radius 1 is 1.50 bits per heavy atom. The van der Waals surface area contributed by atoms with Crippen molar-refractivity contribution in [2.75, 3.05) is 25.1 Å². The van der Waals surface area contributed by atoms with Crippen LogP contribution in [0, 0.1) is 5.92 Å². The highest BCUT2D eigenvalue weighted by molar-refractivity contribution is 9.09. The molecule has 0 aromatic heterocycles. The van der Waals surface area contributed by atoms with E-state index in [4.69, 9.17) is 4.74 Å². The van der Waals surface area contributed by atoms with Crippen LogP contribution in [0.5, 0.6) is 0 Å². The summed E-state index contributed by atoms with van der Waals surface area (Å²) in [6.07, 6.45) is 3.24. The van der Waals surface area contributed by atoms with Crippen LogP contribution in [0.2, 0.25) is 0 Å². The minimum Gasteiger partial charge on any atom is -0.377 e. The lowest BCUT2D eigenvalue weighted by atomic mass is 10.2. The van der Waals surface area contributed by atoms with E-state index in [1.165, 1.54) is 12.8 Å². The highest BCUT2D eigenvalue weighted by atomic mass is 79.9. The van der Waals surface area contributed by atoms with Crippen LogP contribution in [-0.4, -0.2) is 41.9 Å². The van der Waals surface area contributed by atoms with E-state index in [0.717, 1.165) is 18.3 Å². The van der Waals surface area contributed by atoms with Gasteiger partial charge in [-0.1, -0.05) is 15.9 Å². The summed E-state index contributed by atoms with van der Waals surface area (Å²) in [4.78, 5) is 13.9. The number of ether oxygens (including phenoxy) is 1. The predicted molar refractivity (Wildman–Crippen MR) is 57.5 cm³/mol. The second kappa shape index (κ2) is 4.62. The first-order valence-corrected chi connectivity index (χ1v) is 6.36. The minimum absolute atomic E-state index is 0.245. The van der Waals surface area contributed by atoms with Crippen LogP contribution >= 0.6 is 15.9 Å². The minimum atomic E-state index is 0.245. The molecule has 0 aromatic rings. The van der Waals surface area contributed by atoms with Crippen molar-refractivity contribution in [3.05, 3.63) is 0 Å². The maximum Gasteiger partial charge on any atom is 0.223 e. The highest BCUT2D eigenvalue weighted by Gasteiger charge is 2.31. The monoisotopic (exact) mass is 261 g/mol. The van der Waals surface area contributed by atoms with Gasteiger partial charge in [0.05, 0.1) is 19.3 Å². The molecule has 1 aliphatic carbocycles. The van der Waals surface area contributed by atoms with Crippen LogP contribution in [0.1, 0.15) is 19.3 Å². The molecule has 1 saturated heterocycles. The van der Waals surface area contributed by atoms with Crippen LogP contribution in [0.25, 0.3) is 0 Å². The second-order valence-electron chi connectivity index (χ2n) is 4.12. The van der Waals surface area contributed by atoms with Gasteiger partial charge < -0.3 is 9.64 Å². The second-order valence-corrected chi connectivity index (χ2v) is 4.77. The van der Waals surface area contributed by atoms with E-state index in [0.29, 0.717) is 25.0 Å². The Hall–Kier alpha value is -0.0900. The molecule has 3 nitrogen and oxygen atoms in total. The molecule has 1 amide bonds. The van der Waals surface area contributed by atoms with Gasteiger partial charge in [-0.2, -0.15) is 0 Å². The maximum atomic E-state index is 11.9. The van der Waals surface area contributed by atoms with Gasteiger partial charge in [-0.15, -0.1) is 0 Å². The molecular formula is C10H16BrNO2. The fourth-order valence-corrected chi connectivity index (χ4v) is 2.33. The van der Waals surface area contributed by atoms with Crippen molar-refractivity contribution in [2.24, 2.45) is 5.92 Å². The molecule has 80 valence electrons. The van der Waals surface area contributed by atoms with Crippen molar-refractivity contribution in [1.82, 2.24) is 4.90 Å². The molecule has 0 N–H and O–H groups in total. The van der Waals surface area contributed by atoms with E-state index in [1.54, 1.807) is 0 Å². The summed E-state index contributed by atoms with van der Waals surface area (Å²) in [6, 6.07) is 0.245. The fourth-order valence-electron chi connectivity index (χ4n) is 1.80. The highest BCUT2D eigenvalue weighted by Crippen LogP contribution is 2.33. The molecule has 1 saturated carbocycles. The number of amides is 1. The largest absolute Gasteiger partial charge is 0.377 e. The third kappa shape index (κ3) is 2.48. The topological polar surface area (TPSA) is 29.5 Å². The third-order valence-corrected chi connectivity index (χ3v) is 3.63. The number of nitrogens with zero attached hydrogens (tertiary/aromatic N) is 1. The van der Waals surface area contributed by atoms with Gasteiger partial charge in [0.1, 0.15) is 0 Å². The van der Waals surface area contributed by atoms with Crippen molar-refractivity contribution in [3.8, 4) is 0 Å². The number of carbonyl (C=O) groups excluding carboxylic acids is 1. The Labute approximate surface area is 92.9 Å². The van der Waals surface area contributed by atoms with Crippen molar-refractivity contribution in [3.63, 3.8) is 0 Å². The molecule has 0 bridgehead atoms. The Morgan fingerprint density at radius 2 is 2.29 bits per heavy atom. The molecule has 14 heavy (non-hydrogen) atoms. The zero-order valence-electron chi connectivity index (χ0n) is 8.25. The summed E-state index contributed by atoms with van der Waals surface area (Å²) in [5.41, 5.74) is 0. The number of hydrogen-bond acceptors (Lipinski definition) is 2. The Balaban J connectivity index is 1.87. The number of alkyl halides is 1. The molecule has 1 heterocycles. The van der Waals surface area contributed by atoms with Crippen molar-refractivity contribution >= 4 is 21.8 Å². The SMILES string of the molecule is O=C(CC1CC1)N1CCOCC1CBr. The summed E-state index contributed by atoms with van der Waals surface area (Å²) < 4.78 is 5.35. The average Bonchev–Trinajstić information content (AvgIpc) is 3.01. The van der Waals surface area contributed by atoms with Gasteiger partial charge in [0.15, 0.2) is 0 Å². The Kier molecular flexibility index (Phi) is 3.44. The van der Waals surface area contributed by atoms with Gasteiger partial charge >= 0.3 is 0 Å².